The van der Waals surface area contributed by atoms with E-state index in [9.17, 15) is 0 Å². The third-order valence-corrected chi connectivity index (χ3v) is 4.42. The van der Waals surface area contributed by atoms with E-state index < -0.39 is 0 Å². The highest BCUT2D eigenvalue weighted by atomic mass is 15.2. The van der Waals surface area contributed by atoms with Gasteiger partial charge in [0, 0.05) is 26.1 Å². The Morgan fingerprint density at radius 2 is 1.94 bits per heavy atom. The molecule has 0 aromatic rings. The molecule has 2 aliphatic rings. The van der Waals surface area contributed by atoms with E-state index >= 15 is 0 Å². The summed E-state index contributed by atoms with van der Waals surface area (Å²) in [7, 11) is 4.32. The highest BCUT2D eigenvalue weighted by Gasteiger charge is 2.25. The Hall–Kier alpha value is -0.570. The first kappa shape index (κ1) is 12.9. The van der Waals surface area contributed by atoms with E-state index in [1.54, 1.807) is 0 Å². The van der Waals surface area contributed by atoms with Crippen molar-refractivity contribution in [2.45, 2.75) is 38.5 Å². The highest BCUT2D eigenvalue weighted by molar-refractivity contribution is 5.81. The topological polar surface area (TPSA) is 30.3 Å². The molecule has 0 aromatic carbocycles. The Bertz CT molecular complexity index is 258. The van der Waals surface area contributed by atoms with Gasteiger partial charge in [-0.3, -0.25) is 5.41 Å². The lowest BCUT2D eigenvalue weighted by Gasteiger charge is -2.30. The van der Waals surface area contributed by atoms with Crippen molar-refractivity contribution in [2.24, 2.45) is 11.8 Å². The molecule has 2 fully saturated rings. The maximum atomic E-state index is 8.32. The molecule has 1 aliphatic heterocycles. The molecule has 17 heavy (non-hydrogen) atoms. The molecular formula is C14H27N3. The largest absolute Gasteiger partial charge is 0.363 e. The van der Waals surface area contributed by atoms with E-state index in [0.29, 0.717) is 5.92 Å². The smallest absolute Gasteiger partial charge is 0.0986 e. The summed E-state index contributed by atoms with van der Waals surface area (Å²) >= 11 is 0. The van der Waals surface area contributed by atoms with Crippen molar-refractivity contribution >= 4 is 5.84 Å². The van der Waals surface area contributed by atoms with E-state index in [1.165, 1.54) is 51.6 Å². The molecule has 2 rings (SSSR count). The van der Waals surface area contributed by atoms with Gasteiger partial charge in [0.25, 0.3) is 0 Å². The molecule has 1 heterocycles. The second kappa shape index (κ2) is 5.85. The molecule has 3 nitrogen and oxygen atoms in total. The van der Waals surface area contributed by atoms with Crippen LogP contribution in [0.25, 0.3) is 0 Å². The van der Waals surface area contributed by atoms with Gasteiger partial charge in [-0.15, -0.1) is 0 Å². The normalized spacial score (nSPS) is 27.3. The summed E-state index contributed by atoms with van der Waals surface area (Å²) in [6, 6.07) is 0. The van der Waals surface area contributed by atoms with Gasteiger partial charge in [-0.05, 0) is 38.8 Å². The molecule has 0 spiro atoms. The Morgan fingerprint density at radius 3 is 2.53 bits per heavy atom. The van der Waals surface area contributed by atoms with Crippen LogP contribution in [-0.4, -0.2) is 49.4 Å². The number of likely N-dealkylation sites (tertiary alicyclic amines) is 1. The van der Waals surface area contributed by atoms with Crippen LogP contribution in [0, 0.1) is 17.2 Å². The Morgan fingerprint density at radius 1 is 1.24 bits per heavy atom. The van der Waals surface area contributed by atoms with Crippen molar-refractivity contribution in [3.8, 4) is 0 Å². The second-order valence-electron chi connectivity index (χ2n) is 6.02. The van der Waals surface area contributed by atoms with Crippen LogP contribution in [0.5, 0.6) is 0 Å². The minimum atomic E-state index is 0.549. The molecule has 0 radical (unpaired) electrons. The standard InChI is InChI=1S/C14H27N3/c1-16-9-8-12(10-16)11-17(2)14(15)13-6-4-3-5-7-13/h12-13,15H,3-11H2,1-2H3. The third-order valence-electron chi connectivity index (χ3n) is 4.42. The van der Waals surface area contributed by atoms with Gasteiger partial charge >= 0.3 is 0 Å². The molecule has 1 unspecified atom stereocenters. The van der Waals surface area contributed by atoms with Crippen LogP contribution >= 0.6 is 0 Å². The summed E-state index contributed by atoms with van der Waals surface area (Å²) in [6.45, 7) is 3.53. The molecule has 1 atom stereocenters. The number of rotatable bonds is 3. The quantitative estimate of drug-likeness (QED) is 0.603. The Labute approximate surface area is 106 Å². The van der Waals surface area contributed by atoms with Gasteiger partial charge in [0.1, 0.15) is 0 Å². The van der Waals surface area contributed by atoms with Crippen LogP contribution in [0.15, 0.2) is 0 Å². The second-order valence-corrected chi connectivity index (χ2v) is 6.02. The first-order chi connectivity index (χ1) is 8.16. The lowest BCUT2D eigenvalue weighted by Crippen LogP contribution is -2.37. The predicted molar refractivity (Wildman–Crippen MR) is 72.5 cm³/mol. The molecule has 0 bridgehead atoms. The van der Waals surface area contributed by atoms with Crippen molar-refractivity contribution in [2.75, 3.05) is 33.7 Å². The van der Waals surface area contributed by atoms with Gasteiger partial charge in [-0.25, -0.2) is 0 Å². The molecule has 1 N–H and O–H groups in total. The molecule has 1 saturated heterocycles. The highest BCUT2D eigenvalue weighted by Crippen LogP contribution is 2.26. The molecule has 0 aromatic heterocycles. The fourth-order valence-electron chi connectivity index (χ4n) is 3.35. The molecule has 3 heteroatoms. The first-order valence-corrected chi connectivity index (χ1v) is 7.15. The van der Waals surface area contributed by atoms with Gasteiger partial charge in [-0.1, -0.05) is 19.3 Å². The first-order valence-electron chi connectivity index (χ1n) is 7.15. The van der Waals surface area contributed by atoms with Crippen LogP contribution in [0.1, 0.15) is 38.5 Å². The lowest BCUT2D eigenvalue weighted by atomic mass is 9.88. The van der Waals surface area contributed by atoms with Crippen molar-refractivity contribution in [1.29, 1.82) is 5.41 Å². The summed E-state index contributed by atoms with van der Waals surface area (Å²) in [4.78, 5) is 4.63. The molecular weight excluding hydrogens is 210 g/mol. The molecule has 0 amide bonds. The summed E-state index contributed by atoms with van der Waals surface area (Å²) in [6.07, 6.45) is 7.82. The third kappa shape index (κ3) is 3.44. The average molecular weight is 237 g/mol. The van der Waals surface area contributed by atoms with Crippen molar-refractivity contribution in [3.63, 3.8) is 0 Å². The maximum Gasteiger partial charge on any atom is 0.0986 e. The van der Waals surface area contributed by atoms with E-state index in [-0.39, 0.29) is 0 Å². The van der Waals surface area contributed by atoms with Crippen LogP contribution in [0.4, 0.5) is 0 Å². The zero-order valence-electron chi connectivity index (χ0n) is 11.4. The zero-order valence-corrected chi connectivity index (χ0v) is 11.4. The van der Waals surface area contributed by atoms with E-state index in [0.717, 1.165) is 18.3 Å². The Kier molecular flexibility index (Phi) is 4.43. The van der Waals surface area contributed by atoms with Gasteiger partial charge in [0.05, 0.1) is 5.84 Å². The van der Waals surface area contributed by atoms with Crippen LogP contribution in [0.3, 0.4) is 0 Å². The number of hydrogen-bond donors (Lipinski definition) is 1. The maximum absolute atomic E-state index is 8.32. The van der Waals surface area contributed by atoms with Crippen LogP contribution in [-0.2, 0) is 0 Å². The van der Waals surface area contributed by atoms with E-state index in [2.05, 4.69) is 23.9 Å². The molecule has 1 aliphatic carbocycles. The number of amidine groups is 1. The molecule has 98 valence electrons. The van der Waals surface area contributed by atoms with Gasteiger partial charge < -0.3 is 9.80 Å². The number of nitrogens with one attached hydrogen (secondary N) is 1. The van der Waals surface area contributed by atoms with Crippen LogP contribution < -0.4 is 0 Å². The molecule has 1 saturated carbocycles. The minimum Gasteiger partial charge on any atom is -0.363 e. The Balaban J connectivity index is 1.78. The SMILES string of the molecule is CN1CCC(CN(C)C(=N)C2CCCCC2)C1. The van der Waals surface area contributed by atoms with Crippen molar-refractivity contribution in [3.05, 3.63) is 0 Å². The predicted octanol–water partition coefficient (Wildman–Crippen LogP) is 2.43. The summed E-state index contributed by atoms with van der Waals surface area (Å²) in [5.74, 6) is 2.22. The van der Waals surface area contributed by atoms with E-state index in [1.807, 2.05) is 0 Å². The fraction of sp³-hybridized carbons (Fsp3) is 0.929. The number of nitrogens with zero attached hydrogens (tertiary/aromatic N) is 2. The monoisotopic (exact) mass is 237 g/mol. The lowest BCUT2D eigenvalue weighted by molar-refractivity contribution is 0.331. The zero-order chi connectivity index (χ0) is 12.3. The fourth-order valence-corrected chi connectivity index (χ4v) is 3.35. The van der Waals surface area contributed by atoms with E-state index in [4.69, 9.17) is 5.41 Å². The van der Waals surface area contributed by atoms with Gasteiger partial charge in [0.15, 0.2) is 0 Å². The minimum absolute atomic E-state index is 0.549. The van der Waals surface area contributed by atoms with Crippen molar-refractivity contribution < 1.29 is 0 Å². The van der Waals surface area contributed by atoms with Crippen molar-refractivity contribution in [1.82, 2.24) is 9.80 Å². The van der Waals surface area contributed by atoms with Crippen LogP contribution in [0.2, 0.25) is 0 Å². The number of hydrogen-bond acceptors (Lipinski definition) is 2. The summed E-state index contributed by atoms with van der Waals surface area (Å²) in [5.41, 5.74) is 0. The summed E-state index contributed by atoms with van der Waals surface area (Å²) in [5, 5.41) is 8.32. The average Bonchev–Trinajstić information content (AvgIpc) is 2.75. The van der Waals surface area contributed by atoms with Gasteiger partial charge in [-0.2, -0.15) is 0 Å². The van der Waals surface area contributed by atoms with Gasteiger partial charge in [0.2, 0.25) is 0 Å². The summed E-state index contributed by atoms with van der Waals surface area (Å²) < 4.78 is 0.